The average molecular weight is 411 g/mol. The van der Waals surface area contributed by atoms with Gasteiger partial charge in [-0.1, -0.05) is 18.2 Å². The Bertz CT molecular complexity index is 829. The van der Waals surface area contributed by atoms with Crippen LogP contribution < -0.4 is 10.2 Å². The molecule has 3 rings (SSSR count). The first kappa shape index (κ1) is 21.6. The predicted octanol–water partition coefficient (Wildman–Crippen LogP) is 3.93. The molecule has 0 radical (unpaired) electrons. The normalized spacial score (nSPS) is 14.8. The number of nitrogens with one attached hydrogen (secondary N) is 1. The summed E-state index contributed by atoms with van der Waals surface area (Å²) in [5, 5.41) is 3.47. The third-order valence-corrected chi connectivity index (χ3v) is 4.86. The highest BCUT2D eigenvalue weighted by Crippen LogP contribution is 2.20. The van der Waals surface area contributed by atoms with Gasteiger partial charge in [0.1, 0.15) is 12.1 Å². The van der Waals surface area contributed by atoms with E-state index < -0.39 is 11.7 Å². The van der Waals surface area contributed by atoms with Gasteiger partial charge in [-0.25, -0.2) is 4.79 Å². The zero-order valence-electron chi connectivity index (χ0n) is 17.9. The van der Waals surface area contributed by atoms with E-state index in [0.717, 1.165) is 18.5 Å². The van der Waals surface area contributed by atoms with Crippen LogP contribution in [0.1, 0.15) is 33.6 Å². The van der Waals surface area contributed by atoms with Crippen LogP contribution in [0.3, 0.4) is 0 Å². The topological polar surface area (TPSA) is 74.8 Å². The van der Waals surface area contributed by atoms with Crippen molar-refractivity contribution in [3.8, 4) is 0 Å². The number of hydrogen-bond donors (Lipinski definition) is 1. The highest BCUT2D eigenvalue weighted by atomic mass is 16.6. The fraction of sp³-hybridized carbons (Fsp3) is 0.435. The van der Waals surface area contributed by atoms with Crippen LogP contribution in [0.4, 0.5) is 16.2 Å². The summed E-state index contributed by atoms with van der Waals surface area (Å²) in [6.45, 7) is 6.70. The Kier molecular flexibility index (Phi) is 6.92. The van der Waals surface area contributed by atoms with Gasteiger partial charge in [-0.3, -0.25) is 14.7 Å². The zero-order valence-corrected chi connectivity index (χ0v) is 17.9. The fourth-order valence-corrected chi connectivity index (χ4v) is 3.38. The SMILES string of the molecule is CC(C)(C)OC(=O)N(CC(=O)N1CCC(Nc2cccnc2)CC1)c1ccccc1. The van der Waals surface area contributed by atoms with Crippen LogP contribution >= 0.6 is 0 Å². The van der Waals surface area contributed by atoms with E-state index in [-0.39, 0.29) is 12.5 Å². The van der Waals surface area contributed by atoms with Gasteiger partial charge in [0.25, 0.3) is 0 Å². The summed E-state index contributed by atoms with van der Waals surface area (Å²) < 4.78 is 5.53. The molecule has 0 saturated carbocycles. The summed E-state index contributed by atoms with van der Waals surface area (Å²) in [5.74, 6) is -0.0791. The van der Waals surface area contributed by atoms with Gasteiger partial charge in [0.05, 0.1) is 5.69 Å². The molecule has 2 amide bonds. The number of anilines is 2. The number of ether oxygens (including phenoxy) is 1. The monoisotopic (exact) mass is 410 g/mol. The highest BCUT2D eigenvalue weighted by molar-refractivity contribution is 5.95. The van der Waals surface area contributed by atoms with Crippen molar-refractivity contribution in [2.24, 2.45) is 0 Å². The van der Waals surface area contributed by atoms with Crippen molar-refractivity contribution in [3.63, 3.8) is 0 Å². The molecule has 0 aliphatic carbocycles. The first-order valence-electron chi connectivity index (χ1n) is 10.3. The van der Waals surface area contributed by atoms with Gasteiger partial charge in [0.15, 0.2) is 0 Å². The van der Waals surface area contributed by atoms with E-state index in [0.29, 0.717) is 24.8 Å². The molecule has 1 N–H and O–H groups in total. The second-order valence-corrected chi connectivity index (χ2v) is 8.44. The summed E-state index contributed by atoms with van der Waals surface area (Å²) in [6, 6.07) is 13.4. The summed E-state index contributed by atoms with van der Waals surface area (Å²) in [5.41, 5.74) is 0.999. The van der Waals surface area contributed by atoms with Crippen molar-refractivity contribution in [2.75, 3.05) is 29.9 Å². The Morgan fingerprint density at radius 3 is 2.43 bits per heavy atom. The number of carbonyl (C=O) groups excluding carboxylic acids is 2. The average Bonchev–Trinajstić information content (AvgIpc) is 2.72. The number of benzene rings is 1. The smallest absolute Gasteiger partial charge is 0.415 e. The predicted molar refractivity (Wildman–Crippen MR) is 117 cm³/mol. The van der Waals surface area contributed by atoms with Crippen LogP contribution in [0.15, 0.2) is 54.9 Å². The van der Waals surface area contributed by atoms with Crippen LogP contribution in [-0.2, 0) is 9.53 Å². The molecule has 0 spiro atoms. The fourth-order valence-electron chi connectivity index (χ4n) is 3.38. The van der Waals surface area contributed by atoms with E-state index in [1.54, 1.807) is 24.5 Å². The molecule has 2 aromatic rings. The molecule has 1 aromatic carbocycles. The number of pyridine rings is 1. The molecule has 160 valence electrons. The molecular weight excluding hydrogens is 380 g/mol. The molecule has 2 heterocycles. The van der Waals surface area contributed by atoms with E-state index in [4.69, 9.17) is 4.74 Å². The van der Waals surface area contributed by atoms with E-state index in [2.05, 4.69) is 10.3 Å². The van der Waals surface area contributed by atoms with Crippen LogP contribution in [0.2, 0.25) is 0 Å². The van der Waals surface area contributed by atoms with Gasteiger partial charge in [0.2, 0.25) is 5.91 Å². The molecule has 1 saturated heterocycles. The Balaban J connectivity index is 1.60. The lowest BCUT2D eigenvalue weighted by Gasteiger charge is -2.34. The molecule has 0 atom stereocenters. The lowest BCUT2D eigenvalue weighted by molar-refractivity contribution is -0.130. The Morgan fingerprint density at radius 2 is 1.83 bits per heavy atom. The van der Waals surface area contributed by atoms with Crippen LogP contribution in [0.25, 0.3) is 0 Å². The maximum atomic E-state index is 13.0. The van der Waals surface area contributed by atoms with Gasteiger partial charge >= 0.3 is 6.09 Å². The summed E-state index contributed by atoms with van der Waals surface area (Å²) >= 11 is 0. The van der Waals surface area contributed by atoms with Crippen molar-refractivity contribution < 1.29 is 14.3 Å². The maximum Gasteiger partial charge on any atom is 0.415 e. The van der Waals surface area contributed by atoms with Crippen molar-refractivity contribution >= 4 is 23.4 Å². The lowest BCUT2D eigenvalue weighted by Crippen LogP contribution is -2.48. The first-order valence-corrected chi connectivity index (χ1v) is 10.3. The third-order valence-electron chi connectivity index (χ3n) is 4.86. The van der Waals surface area contributed by atoms with Crippen molar-refractivity contribution in [2.45, 2.75) is 45.3 Å². The number of rotatable bonds is 5. The lowest BCUT2D eigenvalue weighted by atomic mass is 10.0. The second kappa shape index (κ2) is 9.61. The minimum absolute atomic E-state index is 0.0420. The molecule has 30 heavy (non-hydrogen) atoms. The number of amides is 2. The summed E-state index contributed by atoms with van der Waals surface area (Å²) in [7, 11) is 0. The van der Waals surface area contributed by atoms with E-state index in [9.17, 15) is 9.59 Å². The van der Waals surface area contributed by atoms with Crippen LogP contribution in [-0.4, -0.2) is 53.2 Å². The van der Waals surface area contributed by atoms with Gasteiger partial charge in [0, 0.05) is 37.2 Å². The van der Waals surface area contributed by atoms with Crippen LogP contribution in [0.5, 0.6) is 0 Å². The van der Waals surface area contributed by atoms with E-state index >= 15 is 0 Å². The molecular formula is C23H30N4O3. The van der Waals surface area contributed by atoms with Crippen molar-refractivity contribution in [1.29, 1.82) is 0 Å². The second-order valence-electron chi connectivity index (χ2n) is 8.44. The largest absolute Gasteiger partial charge is 0.443 e. The summed E-state index contributed by atoms with van der Waals surface area (Å²) in [4.78, 5) is 33.1. The van der Waals surface area contributed by atoms with E-state index in [1.165, 1.54) is 4.90 Å². The molecule has 1 aliphatic heterocycles. The number of aromatic nitrogens is 1. The number of piperidine rings is 1. The van der Waals surface area contributed by atoms with Crippen LogP contribution in [0, 0.1) is 0 Å². The zero-order chi connectivity index (χ0) is 21.6. The van der Waals surface area contributed by atoms with Crippen molar-refractivity contribution in [1.82, 2.24) is 9.88 Å². The molecule has 0 unspecified atom stereocenters. The van der Waals surface area contributed by atoms with Gasteiger partial charge in [-0.15, -0.1) is 0 Å². The van der Waals surface area contributed by atoms with Gasteiger partial charge in [-0.2, -0.15) is 0 Å². The minimum Gasteiger partial charge on any atom is -0.443 e. The molecule has 1 aliphatic rings. The van der Waals surface area contributed by atoms with Gasteiger partial charge in [-0.05, 0) is 57.9 Å². The molecule has 1 fully saturated rings. The number of likely N-dealkylation sites (tertiary alicyclic amines) is 1. The maximum absolute atomic E-state index is 13.0. The van der Waals surface area contributed by atoms with E-state index in [1.807, 2.05) is 56.0 Å². The quantitative estimate of drug-likeness (QED) is 0.808. The Morgan fingerprint density at radius 1 is 1.13 bits per heavy atom. The number of carbonyl (C=O) groups is 2. The highest BCUT2D eigenvalue weighted by Gasteiger charge is 2.29. The minimum atomic E-state index is -0.635. The Hall–Kier alpha value is -3.09. The number of nitrogens with zero attached hydrogens (tertiary/aromatic N) is 3. The molecule has 7 heteroatoms. The standard InChI is InChI=1S/C23H30N4O3/c1-23(2,3)30-22(29)27(20-9-5-4-6-10-20)17-21(28)26-14-11-18(12-15-26)25-19-8-7-13-24-16-19/h4-10,13,16,18,25H,11-12,14-15,17H2,1-3H3. The molecule has 1 aromatic heterocycles. The van der Waals surface area contributed by atoms with Gasteiger partial charge < -0.3 is 15.0 Å². The number of para-hydroxylation sites is 1. The molecule has 0 bridgehead atoms. The number of hydrogen-bond acceptors (Lipinski definition) is 5. The van der Waals surface area contributed by atoms with Crippen molar-refractivity contribution in [3.05, 3.63) is 54.9 Å². The first-order chi connectivity index (χ1) is 14.3. The molecule has 7 nitrogen and oxygen atoms in total. The Labute approximate surface area is 178 Å². The third kappa shape index (κ3) is 6.20. The summed E-state index contributed by atoms with van der Waals surface area (Å²) in [6.07, 6.45) is 4.72.